The van der Waals surface area contributed by atoms with Gasteiger partial charge in [-0.05, 0) is 26.3 Å². The molecule has 0 radical (unpaired) electrons. The van der Waals surface area contributed by atoms with Gasteiger partial charge in [0.1, 0.15) is 22.5 Å². The molecule has 1 aliphatic rings. The molecule has 1 aromatic heterocycles. The van der Waals surface area contributed by atoms with Gasteiger partial charge in [-0.2, -0.15) is 5.26 Å². The number of carbonyl (C=O) groups excluding carboxylic acids is 2. The second-order valence-corrected chi connectivity index (χ2v) is 7.46. The van der Waals surface area contributed by atoms with Crippen molar-refractivity contribution >= 4 is 23.8 Å². The summed E-state index contributed by atoms with van der Waals surface area (Å²) < 4.78 is 5.26. The minimum absolute atomic E-state index is 0.209. The first-order valence-electron chi connectivity index (χ1n) is 9.35. The third kappa shape index (κ3) is 4.60. The molecular formula is C21H21N5O3S. The monoisotopic (exact) mass is 423 g/mol. The molecule has 0 spiro atoms. The number of thioether (sulfide) groups is 1. The first-order valence-corrected chi connectivity index (χ1v) is 10.3. The van der Waals surface area contributed by atoms with Gasteiger partial charge in [-0.25, -0.2) is 19.6 Å². The van der Waals surface area contributed by atoms with Gasteiger partial charge < -0.3 is 15.4 Å². The molecular weight excluding hydrogens is 402 g/mol. The Balaban J connectivity index is 2.01. The Kier molecular flexibility index (Phi) is 6.69. The molecule has 0 aliphatic carbocycles. The highest BCUT2D eigenvalue weighted by Crippen LogP contribution is 2.31. The lowest BCUT2D eigenvalue weighted by atomic mass is 9.95. The zero-order chi connectivity index (χ0) is 21.7. The van der Waals surface area contributed by atoms with Crippen LogP contribution < -0.4 is 10.6 Å². The number of nitriles is 1. The fourth-order valence-electron chi connectivity index (χ4n) is 3.13. The van der Waals surface area contributed by atoms with Crippen molar-refractivity contribution < 1.29 is 14.3 Å². The number of aromatic nitrogens is 2. The number of nitrogens with zero attached hydrogens (tertiary/aromatic N) is 3. The molecule has 2 N–H and O–H groups in total. The number of carbonyl (C=O) groups is 2. The van der Waals surface area contributed by atoms with Gasteiger partial charge in [0.05, 0.1) is 23.9 Å². The van der Waals surface area contributed by atoms with Crippen LogP contribution in [0.1, 0.15) is 35.6 Å². The number of esters is 1. The van der Waals surface area contributed by atoms with E-state index in [4.69, 9.17) is 4.74 Å². The van der Waals surface area contributed by atoms with Gasteiger partial charge in [0.25, 0.3) is 0 Å². The maximum atomic E-state index is 12.8. The summed E-state index contributed by atoms with van der Waals surface area (Å²) in [5.74, 6) is 0.269. The summed E-state index contributed by atoms with van der Waals surface area (Å²) in [6.07, 6.45) is 0. The topological polar surface area (TPSA) is 117 Å². The van der Waals surface area contributed by atoms with Crippen molar-refractivity contribution in [3.63, 3.8) is 0 Å². The standard InChI is InChI=1S/C21H21N5O3S/c1-4-29-20(27)17-16(11-30-19-15(10-22)12(2)23-13(3)24-19)25-21(28)26-18(17)14-8-6-5-7-9-14/h5-9,18H,4,11H2,1-3H3,(H2,25,26,28). The summed E-state index contributed by atoms with van der Waals surface area (Å²) in [5, 5.41) is 15.5. The summed E-state index contributed by atoms with van der Waals surface area (Å²) in [4.78, 5) is 33.7. The second-order valence-electron chi connectivity index (χ2n) is 6.49. The smallest absolute Gasteiger partial charge is 0.338 e. The number of aryl methyl sites for hydroxylation is 2. The first kappa shape index (κ1) is 21.3. The number of benzene rings is 1. The van der Waals surface area contributed by atoms with E-state index in [2.05, 4.69) is 26.7 Å². The molecule has 30 heavy (non-hydrogen) atoms. The van der Waals surface area contributed by atoms with Crippen molar-refractivity contribution in [3.8, 4) is 6.07 Å². The fraction of sp³-hybridized carbons (Fsp3) is 0.286. The van der Waals surface area contributed by atoms with Crippen LogP contribution in [0, 0.1) is 25.2 Å². The summed E-state index contributed by atoms with van der Waals surface area (Å²) >= 11 is 1.26. The average molecular weight is 423 g/mol. The fourth-order valence-corrected chi connectivity index (χ4v) is 4.18. The summed E-state index contributed by atoms with van der Waals surface area (Å²) in [6.45, 7) is 5.43. The highest BCUT2D eigenvalue weighted by atomic mass is 32.2. The molecule has 1 aliphatic heterocycles. The van der Waals surface area contributed by atoms with Gasteiger partial charge in [0, 0.05) is 11.4 Å². The van der Waals surface area contributed by atoms with Crippen LogP contribution >= 0.6 is 11.8 Å². The van der Waals surface area contributed by atoms with Gasteiger partial charge in [-0.1, -0.05) is 42.1 Å². The molecule has 0 saturated carbocycles. The zero-order valence-electron chi connectivity index (χ0n) is 16.9. The van der Waals surface area contributed by atoms with E-state index in [-0.39, 0.29) is 12.4 Å². The van der Waals surface area contributed by atoms with Crippen LogP contribution in [-0.4, -0.2) is 34.3 Å². The maximum absolute atomic E-state index is 12.8. The van der Waals surface area contributed by atoms with Crippen LogP contribution in [0.15, 0.2) is 46.6 Å². The Bertz CT molecular complexity index is 1050. The summed E-state index contributed by atoms with van der Waals surface area (Å²) in [5.41, 5.74) is 2.49. The minimum atomic E-state index is -0.640. The van der Waals surface area contributed by atoms with Crippen LogP contribution in [0.5, 0.6) is 0 Å². The molecule has 0 bridgehead atoms. The van der Waals surface area contributed by atoms with Crippen LogP contribution in [0.4, 0.5) is 4.79 Å². The number of urea groups is 1. The van der Waals surface area contributed by atoms with Gasteiger partial charge in [0.15, 0.2) is 0 Å². The first-order chi connectivity index (χ1) is 14.4. The molecule has 9 heteroatoms. The number of rotatable bonds is 6. The Morgan fingerprint density at radius 3 is 2.67 bits per heavy atom. The largest absolute Gasteiger partial charge is 0.463 e. The SMILES string of the molecule is CCOC(=O)C1=C(CSc2nc(C)nc(C)c2C#N)NC(=O)NC1c1ccccc1. The van der Waals surface area contributed by atoms with Crippen LogP contribution in [0.2, 0.25) is 0 Å². The van der Waals surface area contributed by atoms with E-state index in [1.807, 2.05) is 30.3 Å². The third-order valence-electron chi connectivity index (χ3n) is 4.42. The molecule has 1 atom stereocenters. The van der Waals surface area contributed by atoms with Crippen molar-refractivity contribution in [1.82, 2.24) is 20.6 Å². The Labute approximate surface area is 178 Å². The number of amides is 2. The van der Waals surface area contributed by atoms with Crippen LogP contribution in [0.3, 0.4) is 0 Å². The van der Waals surface area contributed by atoms with E-state index in [9.17, 15) is 14.9 Å². The molecule has 8 nitrogen and oxygen atoms in total. The minimum Gasteiger partial charge on any atom is -0.463 e. The molecule has 154 valence electrons. The Hall–Kier alpha value is -3.38. The molecule has 1 aromatic carbocycles. The van der Waals surface area contributed by atoms with Crippen molar-refractivity contribution in [3.05, 3.63) is 64.2 Å². The number of ether oxygens (including phenoxy) is 1. The number of nitrogens with one attached hydrogen (secondary N) is 2. The van der Waals surface area contributed by atoms with Gasteiger partial charge in [-0.15, -0.1) is 0 Å². The summed E-state index contributed by atoms with van der Waals surface area (Å²) in [7, 11) is 0. The molecule has 1 unspecified atom stereocenters. The highest BCUT2D eigenvalue weighted by Gasteiger charge is 2.33. The molecule has 0 saturated heterocycles. The predicted molar refractivity (Wildman–Crippen MR) is 111 cm³/mol. The molecule has 2 amide bonds. The quantitative estimate of drug-likeness (QED) is 0.417. The number of hydrogen-bond donors (Lipinski definition) is 2. The lowest BCUT2D eigenvalue weighted by molar-refractivity contribution is -0.139. The van der Waals surface area contributed by atoms with E-state index in [0.29, 0.717) is 33.4 Å². The van der Waals surface area contributed by atoms with Crippen molar-refractivity contribution in [2.45, 2.75) is 31.8 Å². The van der Waals surface area contributed by atoms with Crippen molar-refractivity contribution in [2.24, 2.45) is 0 Å². The van der Waals surface area contributed by atoms with E-state index < -0.39 is 18.0 Å². The Morgan fingerprint density at radius 2 is 2.00 bits per heavy atom. The van der Waals surface area contributed by atoms with Crippen molar-refractivity contribution in [1.29, 1.82) is 5.26 Å². The van der Waals surface area contributed by atoms with Gasteiger partial charge in [0.2, 0.25) is 0 Å². The highest BCUT2D eigenvalue weighted by molar-refractivity contribution is 7.99. The normalized spacial score (nSPS) is 15.8. The predicted octanol–water partition coefficient (Wildman–Crippen LogP) is 2.93. The zero-order valence-corrected chi connectivity index (χ0v) is 17.7. The molecule has 0 fully saturated rings. The lowest BCUT2D eigenvalue weighted by Gasteiger charge is -2.29. The Morgan fingerprint density at radius 1 is 1.27 bits per heavy atom. The van der Waals surface area contributed by atoms with Gasteiger partial charge in [-0.3, -0.25) is 0 Å². The van der Waals surface area contributed by atoms with E-state index in [1.165, 1.54) is 11.8 Å². The lowest BCUT2D eigenvalue weighted by Crippen LogP contribution is -2.46. The van der Waals surface area contributed by atoms with E-state index in [0.717, 1.165) is 5.56 Å². The van der Waals surface area contributed by atoms with Crippen LogP contribution in [-0.2, 0) is 9.53 Å². The second kappa shape index (κ2) is 9.41. The van der Waals surface area contributed by atoms with E-state index in [1.54, 1.807) is 20.8 Å². The van der Waals surface area contributed by atoms with Crippen LogP contribution in [0.25, 0.3) is 0 Å². The molecule has 2 heterocycles. The molecule has 2 aromatic rings. The van der Waals surface area contributed by atoms with Crippen molar-refractivity contribution in [2.75, 3.05) is 12.4 Å². The summed E-state index contributed by atoms with van der Waals surface area (Å²) in [6, 6.07) is 10.3. The maximum Gasteiger partial charge on any atom is 0.338 e. The average Bonchev–Trinajstić information content (AvgIpc) is 2.72. The number of hydrogen-bond acceptors (Lipinski definition) is 7. The van der Waals surface area contributed by atoms with Gasteiger partial charge >= 0.3 is 12.0 Å². The third-order valence-corrected chi connectivity index (χ3v) is 5.42. The van der Waals surface area contributed by atoms with E-state index >= 15 is 0 Å². The molecule has 3 rings (SSSR count).